The van der Waals surface area contributed by atoms with Gasteiger partial charge in [0.2, 0.25) is 0 Å². The van der Waals surface area contributed by atoms with Gasteiger partial charge in [0.1, 0.15) is 12.4 Å². The average Bonchev–Trinajstić information content (AvgIpc) is 3.10. The van der Waals surface area contributed by atoms with Crippen molar-refractivity contribution in [2.45, 2.75) is 58.2 Å². The zero-order valence-corrected chi connectivity index (χ0v) is 12.6. The van der Waals surface area contributed by atoms with E-state index in [9.17, 15) is 0 Å². The summed E-state index contributed by atoms with van der Waals surface area (Å²) in [7, 11) is 0. The molecular weight excluding hydrogens is 250 g/mol. The molecule has 0 radical (unpaired) electrons. The van der Waals surface area contributed by atoms with E-state index in [1.54, 1.807) is 0 Å². The van der Waals surface area contributed by atoms with Gasteiger partial charge in [-0.3, -0.25) is 0 Å². The van der Waals surface area contributed by atoms with Crippen LogP contribution in [0.4, 0.5) is 0 Å². The molecule has 1 saturated carbocycles. The molecule has 2 fully saturated rings. The number of aryl methyl sites for hydroxylation is 2. The van der Waals surface area contributed by atoms with Gasteiger partial charge >= 0.3 is 0 Å². The van der Waals surface area contributed by atoms with E-state index in [4.69, 9.17) is 9.47 Å². The summed E-state index contributed by atoms with van der Waals surface area (Å²) >= 11 is 0. The average molecular weight is 275 g/mol. The van der Waals surface area contributed by atoms with Gasteiger partial charge in [-0.25, -0.2) is 0 Å². The lowest BCUT2D eigenvalue weighted by molar-refractivity contribution is 0.0675. The number of hydrogen-bond donors (Lipinski definition) is 1. The second-order valence-electron chi connectivity index (χ2n) is 6.16. The van der Waals surface area contributed by atoms with Crippen molar-refractivity contribution in [3.8, 4) is 5.75 Å². The van der Waals surface area contributed by atoms with Crippen LogP contribution in [0.15, 0.2) is 12.1 Å². The van der Waals surface area contributed by atoms with Gasteiger partial charge in [-0.2, -0.15) is 0 Å². The molecule has 1 saturated heterocycles. The summed E-state index contributed by atoms with van der Waals surface area (Å²) in [5, 5.41) is 3.56. The second kappa shape index (κ2) is 6.15. The standard InChI is InChI=1S/C17H25NO2/c1-12-8-14(10-18-15-5-6-15)9-13(2)17(12)20-11-16-4-3-7-19-16/h8-9,15-16,18H,3-7,10-11H2,1-2H3. The first-order chi connectivity index (χ1) is 9.72. The fourth-order valence-corrected chi connectivity index (χ4v) is 2.87. The van der Waals surface area contributed by atoms with Crippen LogP contribution in [0.5, 0.6) is 5.75 Å². The second-order valence-corrected chi connectivity index (χ2v) is 6.16. The molecule has 3 heteroatoms. The summed E-state index contributed by atoms with van der Waals surface area (Å²) in [4.78, 5) is 0. The zero-order chi connectivity index (χ0) is 13.9. The van der Waals surface area contributed by atoms with Crippen molar-refractivity contribution < 1.29 is 9.47 Å². The summed E-state index contributed by atoms with van der Waals surface area (Å²) in [6, 6.07) is 5.24. The Morgan fingerprint density at radius 1 is 1.20 bits per heavy atom. The lowest BCUT2D eigenvalue weighted by Gasteiger charge is -2.17. The van der Waals surface area contributed by atoms with E-state index in [0.717, 1.165) is 37.8 Å². The largest absolute Gasteiger partial charge is 0.490 e. The Balaban J connectivity index is 1.60. The van der Waals surface area contributed by atoms with Crippen LogP contribution in [0.1, 0.15) is 42.4 Å². The molecule has 1 aromatic carbocycles. The van der Waals surface area contributed by atoms with Gasteiger partial charge in [0.05, 0.1) is 6.10 Å². The fourth-order valence-electron chi connectivity index (χ4n) is 2.87. The maximum atomic E-state index is 6.00. The molecule has 1 aromatic rings. The SMILES string of the molecule is Cc1cc(CNC2CC2)cc(C)c1OCC1CCCO1. The highest BCUT2D eigenvalue weighted by Gasteiger charge is 2.20. The Labute approximate surface area is 121 Å². The fraction of sp³-hybridized carbons (Fsp3) is 0.647. The third-order valence-electron chi connectivity index (χ3n) is 4.13. The zero-order valence-electron chi connectivity index (χ0n) is 12.6. The molecule has 110 valence electrons. The number of benzene rings is 1. The summed E-state index contributed by atoms with van der Waals surface area (Å²) in [5.74, 6) is 1.04. The van der Waals surface area contributed by atoms with Crippen LogP contribution in [0, 0.1) is 13.8 Å². The number of rotatable bonds is 6. The molecule has 1 aliphatic carbocycles. The van der Waals surface area contributed by atoms with Crippen molar-refractivity contribution in [3.05, 3.63) is 28.8 Å². The van der Waals surface area contributed by atoms with Gasteiger partial charge in [0, 0.05) is 19.2 Å². The molecule has 0 amide bonds. The molecule has 0 spiro atoms. The summed E-state index contributed by atoms with van der Waals surface area (Å²) in [6.07, 6.45) is 5.24. The molecule has 1 N–H and O–H groups in total. The van der Waals surface area contributed by atoms with Crippen molar-refractivity contribution in [1.82, 2.24) is 5.32 Å². The third kappa shape index (κ3) is 3.53. The van der Waals surface area contributed by atoms with Crippen LogP contribution < -0.4 is 10.1 Å². The first-order valence-electron chi connectivity index (χ1n) is 7.80. The van der Waals surface area contributed by atoms with Crippen molar-refractivity contribution in [1.29, 1.82) is 0 Å². The molecule has 1 atom stereocenters. The Hall–Kier alpha value is -1.06. The number of ether oxygens (including phenoxy) is 2. The molecule has 2 aliphatic rings. The van der Waals surface area contributed by atoms with E-state index in [0.29, 0.717) is 6.61 Å². The van der Waals surface area contributed by atoms with E-state index in [-0.39, 0.29) is 6.10 Å². The molecule has 3 nitrogen and oxygen atoms in total. The van der Waals surface area contributed by atoms with Crippen LogP contribution in [0.25, 0.3) is 0 Å². The Morgan fingerprint density at radius 3 is 2.55 bits per heavy atom. The van der Waals surface area contributed by atoms with Crippen LogP contribution in [0.2, 0.25) is 0 Å². The minimum Gasteiger partial charge on any atom is -0.490 e. The minimum atomic E-state index is 0.282. The quantitative estimate of drug-likeness (QED) is 0.865. The molecule has 1 unspecified atom stereocenters. The maximum Gasteiger partial charge on any atom is 0.125 e. The topological polar surface area (TPSA) is 30.5 Å². The van der Waals surface area contributed by atoms with Gasteiger partial charge < -0.3 is 14.8 Å². The molecule has 3 rings (SSSR count). The summed E-state index contributed by atoms with van der Waals surface area (Å²) < 4.78 is 11.6. The summed E-state index contributed by atoms with van der Waals surface area (Å²) in [6.45, 7) is 6.81. The van der Waals surface area contributed by atoms with Crippen LogP contribution in [-0.4, -0.2) is 25.4 Å². The highest BCUT2D eigenvalue weighted by Crippen LogP contribution is 2.27. The monoisotopic (exact) mass is 275 g/mol. The molecule has 1 aliphatic heterocycles. The predicted octanol–water partition coefficient (Wildman–Crippen LogP) is 3.11. The Bertz CT molecular complexity index is 439. The highest BCUT2D eigenvalue weighted by molar-refractivity contribution is 5.43. The van der Waals surface area contributed by atoms with E-state index in [2.05, 4.69) is 31.3 Å². The summed E-state index contributed by atoms with van der Waals surface area (Å²) in [5.41, 5.74) is 3.82. The van der Waals surface area contributed by atoms with Crippen LogP contribution in [-0.2, 0) is 11.3 Å². The lowest BCUT2D eigenvalue weighted by Crippen LogP contribution is -2.18. The predicted molar refractivity (Wildman–Crippen MR) is 80.2 cm³/mol. The third-order valence-corrected chi connectivity index (χ3v) is 4.13. The lowest BCUT2D eigenvalue weighted by atomic mass is 10.1. The van der Waals surface area contributed by atoms with Gasteiger partial charge in [0.15, 0.2) is 0 Å². The smallest absolute Gasteiger partial charge is 0.125 e. The number of nitrogens with one attached hydrogen (secondary N) is 1. The van der Waals surface area contributed by atoms with E-state index in [1.807, 2.05) is 0 Å². The van der Waals surface area contributed by atoms with E-state index < -0.39 is 0 Å². The van der Waals surface area contributed by atoms with Gasteiger partial charge in [-0.15, -0.1) is 0 Å². The molecule has 1 heterocycles. The minimum absolute atomic E-state index is 0.282. The number of hydrogen-bond acceptors (Lipinski definition) is 3. The molecular formula is C17H25NO2. The van der Waals surface area contributed by atoms with E-state index >= 15 is 0 Å². The van der Waals surface area contributed by atoms with Crippen LogP contribution >= 0.6 is 0 Å². The van der Waals surface area contributed by atoms with Crippen molar-refractivity contribution in [2.75, 3.05) is 13.2 Å². The van der Waals surface area contributed by atoms with E-state index in [1.165, 1.54) is 29.5 Å². The molecule has 20 heavy (non-hydrogen) atoms. The van der Waals surface area contributed by atoms with Crippen molar-refractivity contribution in [2.24, 2.45) is 0 Å². The van der Waals surface area contributed by atoms with Gasteiger partial charge in [0.25, 0.3) is 0 Å². The van der Waals surface area contributed by atoms with Gasteiger partial charge in [-0.05, 0) is 56.2 Å². The first kappa shape index (κ1) is 13.9. The molecule has 0 aromatic heterocycles. The Kier molecular flexibility index (Phi) is 4.27. The van der Waals surface area contributed by atoms with Gasteiger partial charge in [-0.1, -0.05) is 12.1 Å². The first-order valence-corrected chi connectivity index (χ1v) is 7.80. The highest BCUT2D eigenvalue weighted by atomic mass is 16.5. The van der Waals surface area contributed by atoms with Crippen molar-refractivity contribution >= 4 is 0 Å². The molecule has 0 bridgehead atoms. The van der Waals surface area contributed by atoms with Crippen LogP contribution in [0.3, 0.4) is 0 Å². The maximum absolute atomic E-state index is 6.00. The Morgan fingerprint density at radius 2 is 1.95 bits per heavy atom. The van der Waals surface area contributed by atoms with Crippen molar-refractivity contribution in [3.63, 3.8) is 0 Å². The normalized spacial score (nSPS) is 22.2.